The standard InChI is InChI=1S/C20H28O4Si/c1-8-15-22-19(21)14-13-18(24-25(6,7)20(3,4)5)12-11-17-10-9-16(2)23-17/h1,9-10,18H,11-12,15H2,2-7H3. The normalized spacial score (nSPS) is 12.7. The van der Waals surface area contributed by atoms with Crippen LogP contribution in [0.3, 0.4) is 0 Å². The third kappa shape index (κ3) is 7.21. The molecule has 0 amide bonds. The van der Waals surface area contributed by atoms with Crippen molar-refractivity contribution in [2.75, 3.05) is 6.61 Å². The summed E-state index contributed by atoms with van der Waals surface area (Å²) in [5.74, 6) is 8.78. The molecular weight excluding hydrogens is 332 g/mol. The SMILES string of the molecule is C#CCOC(=O)C#CC(CCc1ccc(C)o1)O[Si](C)(C)C(C)(C)C. The molecular formula is C20H28O4Si. The van der Waals surface area contributed by atoms with Crippen molar-refractivity contribution < 1.29 is 18.4 Å². The van der Waals surface area contributed by atoms with Gasteiger partial charge in [0.1, 0.15) is 17.6 Å². The predicted molar refractivity (Wildman–Crippen MR) is 101 cm³/mol. The summed E-state index contributed by atoms with van der Waals surface area (Å²) in [6, 6.07) is 3.88. The first-order valence-corrected chi connectivity index (χ1v) is 11.3. The van der Waals surface area contributed by atoms with Crippen LogP contribution in [-0.4, -0.2) is 27.0 Å². The molecule has 4 nitrogen and oxygen atoms in total. The fourth-order valence-electron chi connectivity index (χ4n) is 1.87. The summed E-state index contributed by atoms with van der Waals surface area (Å²) >= 11 is 0. The first kappa shape index (κ1) is 21.1. The number of carbonyl (C=O) groups is 1. The van der Waals surface area contributed by atoms with E-state index in [1.54, 1.807) is 0 Å². The van der Waals surface area contributed by atoms with Gasteiger partial charge in [-0.15, -0.1) is 6.42 Å². The smallest absolute Gasteiger partial charge is 0.385 e. The second-order valence-electron chi connectivity index (χ2n) is 7.47. The van der Waals surface area contributed by atoms with Crippen LogP contribution in [0.15, 0.2) is 16.5 Å². The van der Waals surface area contributed by atoms with Gasteiger partial charge in [0.25, 0.3) is 0 Å². The van der Waals surface area contributed by atoms with Crippen LogP contribution in [0.25, 0.3) is 0 Å². The van der Waals surface area contributed by atoms with Crippen molar-refractivity contribution in [3.05, 3.63) is 23.7 Å². The lowest BCUT2D eigenvalue weighted by Gasteiger charge is -2.38. The minimum Gasteiger partial charge on any atom is -0.466 e. The van der Waals surface area contributed by atoms with Gasteiger partial charge in [0.05, 0.1) is 0 Å². The van der Waals surface area contributed by atoms with Crippen LogP contribution in [0.2, 0.25) is 18.1 Å². The molecule has 136 valence electrons. The highest BCUT2D eigenvalue weighted by Crippen LogP contribution is 2.37. The highest BCUT2D eigenvalue weighted by atomic mass is 28.4. The Labute approximate surface area is 152 Å². The highest BCUT2D eigenvalue weighted by molar-refractivity contribution is 6.74. The third-order valence-electron chi connectivity index (χ3n) is 4.31. The topological polar surface area (TPSA) is 48.7 Å². The zero-order valence-electron chi connectivity index (χ0n) is 16.1. The minimum atomic E-state index is -2.02. The average Bonchev–Trinajstić information content (AvgIpc) is 2.92. The van der Waals surface area contributed by atoms with Crippen molar-refractivity contribution in [1.29, 1.82) is 0 Å². The molecule has 0 aliphatic carbocycles. The summed E-state index contributed by atoms with van der Waals surface area (Å²) < 4.78 is 16.8. The molecule has 0 radical (unpaired) electrons. The second-order valence-corrected chi connectivity index (χ2v) is 12.2. The molecule has 0 N–H and O–H groups in total. The Morgan fingerprint density at radius 2 is 2.04 bits per heavy atom. The van der Waals surface area contributed by atoms with Crippen molar-refractivity contribution >= 4 is 14.3 Å². The van der Waals surface area contributed by atoms with E-state index < -0.39 is 14.3 Å². The van der Waals surface area contributed by atoms with Crippen LogP contribution >= 0.6 is 0 Å². The van der Waals surface area contributed by atoms with Gasteiger partial charge in [-0.25, -0.2) is 4.79 Å². The second kappa shape index (κ2) is 8.94. The Kier molecular flexibility index (Phi) is 7.54. The number of aryl methyl sites for hydroxylation is 2. The number of carbonyl (C=O) groups excluding carboxylic acids is 1. The molecule has 1 rings (SSSR count). The number of hydrogen-bond donors (Lipinski definition) is 0. The summed E-state index contributed by atoms with van der Waals surface area (Å²) in [7, 11) is -2.02. The van der Waals surface area contributed by atoms with E-state index in [1.165, 1.54) is 0 Å². The molecule has 0 aliphatic rings. The van der Waals surface area contributed by atoms with Crippen LogP contribution in [0.4, 0.5) is 0 Å². The molecule has 0 aromatic carbocycles. The van der Waals surface area contributed by atoms with Gasteiger partial charge >= 0.3 is 5.97 Å². The molecule has 1 aromatic heterocycles. The molecule has 0 saturated heterocycles. The number of terminal acetylenes is 1. The van der Waals surface area contributed by atoms with E-state index in [2.05, 4.69) is 51.6 Å². The fraction of sp³-hybridized carbons (Fsp3) is 0.550. The van der Waals surface area contributed by atoms with E-state index >= 15 is 0 Å². The van der Waals surface area contributed by atoms with Gasteiger partial charge in [0, 0.05) is 12.3 Å². The lowest BCUT2D eigenvalue weighted by molar-refractivity contribution is -0.135. The Bertz CT molecular complexity index is 677. The maximum Gasteiger partial charge on any atom is 0.385 e. The molecule has 1 unspecified atom stereocenters. The van der Waals surface area contributed by atoms with Gasteiger partial charge < -0.3 is 13.6 Å². The number of ether oxygens (including phenoxy) is 1. The third-order valence-corrected chi connectivity index (χ3v) is 8.80. The van der Waals surface area contributed by atoms with E-state index in [1.807, 2.05) is 19.1 Å². The number of esters is 1. The molecule has 0 aliphatic heterocycles. The Balaban J connectivity index is 2.84. The van der Waals surface area contributed by atoms with Crippen LogP contribution < -0.4 is 0 Å². The van der Waals surface area contributed by atoms with Crippen LogP contribution in [-0.2, 0) is 20.4 Å². The van der Waals surface area contributed by atoms with E-state index in [0.29, 0.717) is 12.8 Å². The summed E-state index contributed by atoms with van der Waals surface area (Å²) in [4.78, 5) is 11.6. The van der Waals surface area contributed by atoms with Crippen molar-refractivity contribution in [3.8, 4) is 24.2 Å². The molecule has 1 atom stereocenters. The lowest BCUT2D eigenvalue weighted by Crippen LogP contribution is -2.43. The first-order valence-electron chi connectivity index (χ1n) is 8.40. The van der Waals surface area contributed by atoms with Gasteiger partial charge in [-0.1, -0.05) is 32.6 Å². The molecule has 0 saturated carbocycles. The van der Waals surface area contributed by atoms with Gasteiger partial charge in [0.2, 0.25) is 0 Å². The van der Waals surface area contributed by atoms with Crippen LogP contribution in [0.5, 0.6) is 0 Å². The molecule has 5 heteroatoms. The Hall–Kier alpha value is -1.95. The van der Waals surface area contributed by atoms with Gasteiger partial charge in [-0.2, -0.15) is 0 Å². The van der Waals surface area contributed by atoms with Crippen molar-refractivity contribution in [2.45, 2.75) is 64.8 Å². The summed E-state index contributed by atoms with van der Waals surface area (Å²) in [6.45, 7) is 12.7. The summed E-state index contributed by atoms with van der Waals surface area (Å²) in [5, 5.41) is 0.0537. The lowest BCUT2D eigenvalue weighted by atomic mass is 10.2. The largest absolute Gasteiger partial charge is 0.466 e. The van der Waals surface area contributed by atoms with Gasteiger partial charge in [0.15, 0.2) is 14.9 Å². The molecule has 0 bridgehead atoms. The molecule has 1 aromatic rings. The minimum absolute atomic E-state index is 0.0537. The van der Waals surface area contributed by atoms with Gasteiger partial charge in [-0.05, 0) is 43.6 Å². The fourth-order valence-corrected chi connectivity index (χ4v) is 3.11. The average molecular weight is 361 g/mol. The number of hydrogen-bond acceptors (Lipinski definition) is 4. The zero-order valence-corrected chi connectivity index (χ0v) is 17.1. The Morgan fingerprint density at radius 1 is 1.36 bits per heavy atom. The van der Waals surface area contributed by atoms with Crippen molar-refractivity contribution in [2.24, 2.45) is 0 Å². The zero-order chi connectivity index (χ0) is 19.1. The number of furan rings is 1. The molecule has 1 heterocycles. The summed E-state index contributed by atoms with van der Waals surface area (Å²) in [6.07, 6.45) is 6.06. The molecule has 0 spiro atoms. The monoisotopic (exact) mass is 360 g/mol. The van der Waals surface area contributed by atoms with E-state index in [9.17, 15) is 4.79 Å². The molecule has 25 heavy (non-hydrogen) atoms. The Morgan fingerprint density at radius 3 is 2.56 bits per heavy atom. The maximum atomic E-state index is 11.6. The van der Waals surface area contributed by atoms with E-state index in [0.717, 1.165) is 11.5 Å². The van der Waals surface area contributed by atoms with E-state index in [-0.39, 0.29) is 17.7 Å². The highest BCUT2D eigenvalue weighted by Gasteiger charge is 2.38. The number of rotatable bonds is 6. The summed E-state index contributed by atoms with van der Waals surface area (Å²) in [5.41, 5.74) is 0. The predicted octanol–water partition coefficient (Wildman–Crippen LogP) is 4.09. The molecule has 0 fully saturated rings. The van der Waals surface area contributed by atoms with Gasteiger partial charge in [-0.3, -0.25) is 0 Å². The van der Waals surface area contributed by atoms with Crippen LogP contribution in [0, 0.1) is 31.1 Å². The van der Waals surface area contributed by atoms with Crippen molar-refractivity contribution in [3.63, 3.8) is 0 Å². The van der Waals surface area contributed by atoms with Crippen molar-refractivity contribution in [1.82, 2.24) is 0 Å². The first-order chi connectivity index (χ1) is 11.5. The van der Waals surface area contributed by atoms with Crippen LogP contribution in [0.1, 0.15) is 38.7 Å². The maximum absolute atomic E-state index is 11.6. The van der Waals surface area contributed by atoms with E-state index in [4.69, 9.17) is 20.0 Å². The quantitative estimate of drug-likeness (QED) is 0.332.